The number of esters is 1. The number of hydrogen-bond donors (Lipinski definition) is 4. The van der Waals surface area contributed by atoms with Crippen LogP contribution < -0.4 is 0 Å². The normalized spacial score (nSPS) is 15.2. The molecule has 2 atom stereocenters. The van der Waals surface area contributed by atoms with Gasteiger partial charge in [-0.15, -0.1) is 0 Å². The van der Waals surface area contributed by atoms with Gasteiger partial charge in [-0.3, -0.25) is 0 Å². The zero-order valence-electron chi connectivity index (χ0n) is 6.83. The van der Waals surface area contributed by atoms with Crippen molar-refractivity contribution in [3.05, 3.63) is 12.7 Å². The Morgan fingerprint density at radius 2 is 1.92 bits per heavy atom. The Hall–Kier alpha value is -0.950. The van der Waals surface area contributed by atoms with Crippen LogP contribution in [-0.2, 0) is 9.53 Å². The van der Waals surface area contributed by atoms with E-state index in [1.807, 2.05) is 0 Å². The van der Waals surface area contributed by atoms with Crippen LogP contribution in [0.25, 0.3) is 0 Å². The van der Waals surface area contributed by atoms with Crippen LogP contribution >= 0.6 is 0 Å². The lowest BCUT2D eigenvalue weighted by Gasteiger charge is -2.18. The van der Waals surface area contributed by atoms with Gasteiger partial charge in [-0.25, -0.2) is 4.79 Å². The monoisotopic (exact) mass is 192 g/mol. The third-order valence-corrected chi connectivity index (χ3v) is 1.26. The third-order valence-electron chi connectivity index (χ3n) is 1.26. The first-order valence-corrected chi connectivity index (χ1v) is 3.50. The van der Waals surface area contributed by atoms with Gasteiger partial charge in [0.1, 0.15) is 18.8 Å². The summed E-state index contributed by atoms with van der Waals surface area (Å²) < 4.78 is 4.34. The van der Waals surface area contributed by atoms with Crippen LogP contribution in [0.5, 0.6) is 0 Å². The first-order chi connectivity index (χ1) is 5.99. The van der Waals surface area contributed by atoms with Gasteiger partial charge in [0.2, 0.25) is 0 Å². The lowest BCUT2D eigenvalue weighted by Crippen LogP contribution is -2.40. The highest BCUT2D eigenvalue weighted by Crippen LogP contribution is 1.98. The maximum Gasteiger partial charge on any atom is 0.330 e. The number of carbonyl (C=O) groups excluding carboxylic acids is 1. The number of hydrogen-bond acceptors (Lipinski definition) is 6. The Bertz CT molecular complexity index is 178. The number of aliphatic hydroxyl groups excluding tert-OH is 3. The molecular formula is C7H12O6. The molecule has 0 rings (SSSR count). The first kappa shape index (κ1) is 12.0. The summed E-state index contributed by atoms with van der Waals surface area (Å²) in [5, 5.41) is 34.6. The molecule has 0 aromatic heterocycles. The molecule has 6 nitrogen and oxygen atoms in total. The maximum atomic E-state index is 10.5. The van der Waals surface area contributed by atoms with Crippen molar-refractivity contribution >= 4 is 5.97 Å². The molecule has 0 aliphatic rings. The average Bonchev–Trinajstić information content (AvgIpc) is 2.11. The molecule has 0 saturated heterocycles. The topological polar surface area (TPSA) is 107 Å². The molecule has 0 aromatic rings. The molecule has 0 bridgehead atoms. The second-order valence-corrected chi connectivity index (χ2v) is 2.31. The minimum absolute atomic E-state index is 0.524. The maximum absolute atomic E-state index is 10.5. The van der Waals surface area contributed by atoms with Crippen LogP contribution in [0, 0.1) is 0 Å². The van der Waals surface area contributed by atoms with Crippen molar-refractivity contribution in [1.29, 1.82) is 0 Å². The van der Waals surface area contributed by atoms with E-state index in [1.165, 1.54) is 0 Å². The molecule has 0 aromatic carbocycles. The molecule has 13 heavy (non-hydrogen) atoms. The fraction of sp³-hybridized carbons (Fsp3) is 0.571. The third kappa shape index (κ3) is 4.58. The van der Waals surface area contributed by atoms with E-state index >= 15 is 0 Å². The second kappa shape index (κ2) is 5.65. The smallest absolute Gasteiger partial charge is 0.330 e. The van der Waals surface area contributed by atoms with Crippen LogP contribution in [0.3, 0.4) is 0 Å². The summed E-state index contributed by atoms with van der Waals surface area (Å²) in [6.45, 7) is 2.58. The van der Waals surface area contributed by atoms with Crippen LogP contribution in [-0.4, -0.2) is 51.5 Å². The summed E-state index contributed by atoms with van der Waals surface area (Å²) in [7, 11) is 0. The quantitative estimate of drug-likeness (QED) is 0.223. The van der Waals surface area contributed by atoms with E-state index in [0.29, 0.717) is 0 Å². The minimum Gasteiger partial charge on any atom is -0.460 e. The molecule has 2 unspecified atom stereocenters. The van der Waals surface area contributed by atoms with Crippen molar-refractivity contribution in [3.63, 3.8) is 0 Å². The van der Waals surface area contributed by atoms with E-state index < -0.39 is 31.1 Å². The molecule has 0 amide bonds. The highest BCUT2D eigenvalue weighted by atomic mass is 16.5. The lowest BCUT2D eigenvalue weighted by molar-refractivity contribution is -0.172. The van der Waals surface area contributed by atoms with Crippen LogP contribution in [0.15, 0.2) is 12.7 Å². The zero-order chi connectivity index (χ0) is 10.4. The highest BCUT2D eigenvalue weighted by molar-refractivity contribution is 5.81. The van der Waals surface area contributed by atoms with E-state index in [4.69, 9.17) is 20.4 Å². The van der Waals surface area contributed by atoms with Crippen molar-refractivity contribution in [2.45, 2.75) is 18.5 Å². The molecule has 0 radical (unpaired) electrons. The summed E-state index contributed by atoms with van der Waals surface area (Å²) in [5.41, 5.74) is 0. The van der Waals surface area contributed by atoms with Gasteiger partial charge >= 0.3 is 5.97 Å². The molecule has 0 aliphatic carbocycles. The number of ether oxygens (including phenoxy) is 1. The van der Waals surface area contributed by atoms with E-state index in [0.717, 1.165) is 6.08 Å². The van der Waals surface area contributed by atoms with Crippen LogP contribution in [0.1, 0.15) is 0 Å². The molecule has 0 spiro atoms. The largest absolute Gasteiger partial charge is 0.460 e. The highest BCUT2D eigenvalue weighted by Gasteiger charge is 2.23. The fourth-order valence-corrected chi connectivity index (χ4v) is 0.524. The number of aliphatic hydroxyl groups is 4. The van der Waals surface area contributed by atoms with Crippen molar-refractivity contribution in [2.24, 2.45) is 0 Å². The van der Waals surface area contributed by atoms with E-state index in [1.54, 1.807) is 0 Å². The van der Waals surface area contributed by atoms with Gasteiger partial charge in [-0.1, -0.05) is 6.58 Å². The Morgan fingerprint density at radius 3 is 2.31 bits per heavy atom. The molecule has 0 saturated carbocycles. The van der Waals surface area contributed by atoms with Crippen LogP contribution in [0.2, 0.25) is 0 Å². The van der Waals surface area contributed by atoms with Crippen molar-refractivity contribution < 1.29 is 30.0 Å². The predicted octanol–water partition coefficient (Wildman–Crippen LogP) is -2.25. The summed E-state index contributed by atoms with van der Waals surface area (Å²) in [6, 6.07) is 0. The molecule has 6 heteroatoms. The molecule has 0 aliphatic heterocycles. The Kier molecular flexibility index (Phi) is 5.24. The van der Waals surface area contributed by atoms with Gasteiger partial charge in [0.25, 0.3) is 0 Å². The molecule has 76 valence electrons. The summed E-state index contributed by atoms with van der Waals surface area (Å²) >= 11 is 0. The Balaban J connectivity index is 3.79. The Morgan fingerprint density at radius 1 is 1.38 bits per heavy atom. The van der Waals surface area contributed by atoms with Gasteiger partial charge in [0.05, 0.1) is 0 Å². The standard InChI is InChI=1S/C7H12O6/c1-2-5(9)13-3-4(8)6(10)7(11)12/h2,4,6-8,10-12H,1,3H2. The predicted molar refractivity (Wildman–Crippen MR) is 41.4 cm³/mol. The summed E-state index contributed by atoms with van der Waals surface area (Å²) in [4.78, 5) is 10.5. The van der Waals surface area contributed by atoms with Gasteiger partial charge in [-0.05, 0) is 0 Å². The summed E-state index contributed by atoms with van der Waals surface area (Å²) in [6.07, 6.45) is -4.49. The van der Waals surface area contributed by atoms with Gasteiger partial charge < -0.3 is 25.2 Å². The average molecular weight is 192 g/mol. The zero-order valence-corrected chi connectivity index (χ0v) is 6.83. The van der Waals surface area contributed by atoms with Crippen molar-refractivity contribution in [2.75, 3.05) is 6.61 Å². The van der Waals surface area contributed by atoms with Crippen molar-refractivity contribution in [1.82, 2.24) is 0 Å². The molecule has 0 fully saturated rings. The van der Waals surface area contributed by atoms with Gasteiger partial charge in [-0.2, -0.15) is 0 Å². The van der Waals surface area contributed by atoms with Gasteiger partial charge in [0.15, 0.2) is 6.29 Å². The number of carbonyl (C=O) groups is 1. The first-order valence-electron chi connectivity index (χ1n) is 3.50. The Labute approximate surface area is 74.7 Å². The van der Waals surface area contributed by atoms with E-state index in [2.05, 4.69) is 11.3 Å². The van der Waals surface area contributed by atoms with Crippen molar-refractivity contribution in [3.8, 4) is 0 Å². The molecule has 4 N–H and O–H groups in total. The molecule has 0 heterocycles. The lowest BCUT2D eigenvalue weighted by atomic mass is 10.2. The fourth-order valence-electron chi connectivity index (χ4n) is 0.524. The minimum atomic E-state index is -2.07. The SMILES string of the molecule is C=CC(=O)OCC(O)C(O)C(O)O. The summed E-state index contributed by atoms with van der Waals surface area (Å²) in [5.74, 6) is -0.765. The second-order valence-electron chi connectivity index (χ2n) is 2.31. The van der Waals surface area contributed by atoms with E-state index in [-0.39, 0.29) is 0 Å². The van der Waals surface area contributed by atoms with Crippen LogP contribution in [0.4, 0.5) is 0 Å². The number of rotatable bonds is 5. The molecular weight excluding hydrogens is 180 g/mol. The van der Waals surface area contributed by atoms with Gasteiger partial charge in [0, 0.05) is 6.08 Å². The van der Waals surface area contributed by atoms with E-state index in [9.17, 15) is 4.79 Å².